The fourth-order valence-corrected chi connectivity index (χ4v) is 5.22. The number of rotatable bonds is 6. The van der Waals surface area contributed by atoms with Gasteiger partial charge in [0.15, 0.2) is 0 Å². The Kier molecular flexibility index (Phi) is 7.90. The minimum Gasteiger partial charge on any atom is -0.378 e. The van der Waals surface area contributed by atoms with Crippen molar-refractivity contribution >= 4 is 17.5 Å². The zero-order chi connectivity index (χ0) is 25.2. The minimum atomic E-state index is -4.43. The van der Waals surface area contributed by atoms with Gasteiger partial charge in [0, 0.05) is 45.0 Å². The Bertz CT molecular complexity index is 918. The number of piperazine rings is 1. The van der Waals surface area contributed by atoms with Gasteiger partial charge in [-0.2, -0.15) is 13.2 Å². The number of benzene rings is 1. The number of amides is 2. The van der Waals surface area contributed by atoms with Gasteiger partial charge in [0.05, 0.1) is 37.3 Å². The Balaban J connectivity index is 1.53. The molecule has 3 heterocycles. The molecule has 0 bridgehead atoms. The smallest absolute Gasteiger partial charge is 0.378 e. The lowest BCUT2D eigenvalue weighted by atomic mass is 9.82. The van der Waals surface area contributed by atoms with Crippen LogP contribution in [0.25, 0.3) is 0 Å². The number of alkyl halides is 3. The van der Waals surface area contributed by atoms with Crippen molar-refractivity contribution in [1.82, 2.24) is 15.1 Å². The molecular formula is C25H35F3N4O3. The van der Waals surface area contributed by atoms with Gasteiger partial charge in [0.25, 0.3) is 0 Å². The number of hydrogen-bond donors (Lipinski definition) is 1. The highest BCUT2D eigenvalue weighted by Gasteiger charge is 2.43. The zero-order valence-electron chi connectivity index (χ0n) is 20.4. The number of fused-ring (bicyclic) bond motifs is 3. The Labute approximate surface area is 204 Å². The standard InChI is InChI=1S/C25H35F3N4O3/c1-17(2)5-6-29-24(34)20-14-18-13-19(25(26,27)28)3-4-21(18)32-8-7-30(15-22(20)32)16-23(33)31-9-11-35-12-10-31/h3-4,13,17,20,22H,5-12,14-16H2,1-2H3,(H,29,34)/t20-,22+/m0/s1. The third kappa shape index (κ3) is 6.09. The normalized spacial score (nSPS) is 23.1. The number of carbonyl (C=O) groups excluding carboxylic acids is 2. The SMILES string of the molecule is CC(C)CCNC(=O)[C@H]1Cc2cc(C(F)(F)F)ccc2N2CCN(CC(=O)N3CCOCC3)C[C@H]12. The third-order valence-electron chi connectivity index (χ3n) is 7.20. The fraction of sp³-hybridized carbons (Fsp3) is 0.680. The van der Waals surface area contributed by atoms with Crippen molar-refractivity contribution in [3.05, 3.63) is 29.3 Å². The second kappa shape index (κ2) is 10.7. The highest BCUT2D eigenvalue weighted by Crippen LogP contribution is 2.39. The van der Waals surface area contributed by atoms with Gasteiger partial charge in [0.2, 0.25) is 11.8 Å². The molecule has 0 saturated carbocycles. The van der Waals surface area contributed by atoms with E-state index in [4.69, 9.17) is 4.74 Å². The van der Waals surface area contributed by atoms with Gasteiger partial charge in [0.1, 0.15) is 0 Å². The Morgan fingerprint density at radius 2 is 1.89 bits per heavy atom. The molecule has 2 amide bonds. The van der Waals surface area contributed by atoms with Crippen LogP contribution >= 0.6 is 0 Å². The predicted molar refractivity (Wildman–Crippen MR) is 126 cm³/mol. The van der Waals surface area contributed by atoms with Crippen molar-refractivity contribution in [2.24, 2.45) is 11.8 Å². The summed E-state index contributed by atoms with van der Waals surface area (Å²) in [7, 11) is 0. The maximum atomic E-state index is 13.4. The Morgan fingerprint density at radius 1 is 1.14 bits per heavy atom. The summed E-state index contributed by atoms with van der Waals surface area (Å²) in [6.45, 7) is 8.87. The molecule has 7 nitrogen and oxygen atoms in total. The topological polar surface area (TPSA) is 65.1 Å². The largest absolute Gasteiger partial charge is 0.416 e. The molecule has 2 atom stereocenters. The van der Waals surface area contributed by atoms with Crippen LogP contribution in [0.5, 0.6) is 0 Å². The lowest BCUT2D eigenvalue weighted by Crippen LogP contribution is -2.62. The third-order valence-corrected chi connectivity index (χ3v) is 7.20. The average molecular weight is 497 g/mol. The van der Waals surface area contributed by atoms with Gasteiger partial charge in [-0.25, -0.2) is 0 Å². The molecule has 2 fully saturated rings. The van der Waals surface area contributed by atoms with E-state index in [0.717, 1.165) is 18.2 Å². The van der Waals surface area contributed by atoms with E-state index >= 15 is 0 Å². The fourth-order valence-electron chi connectivity index (χ4n) is 5.22. The Hall–Kier alpha value is -2.33. The van der Waals surface area contributed by atoms with Gasteiger partial charge in [-0.15, -0.1) is 0 Å². The van der Waals surface area contributed by atoms with Crippen molar-refractivity contribution in [2.45, 2.75) is 38.9 Å². The molecule has 1 N–H and O–H groups in total. The van der Waals surface area contributed by atoms with Crippen LogP contribution in [-0.2, 0) is 26.9 Å². The summed E-state index contributed by atoms with van der Waals surface area (Å²) in [4.78, 5) is 32.0. The predicted octanol–water partition coefficient (Wildman–Crippen LogP) is 2.39. The molecular weight excluding hydrogens is 461 g/mol. The molecule has 1 aromatic rings. The number of nitrogens with zero attached hydrogens (tertiary/aromatic N) is 3. The zero-order valence-corrected chi connectivity index (χ0v) is 20.4. The summed E-state index contributed by atoms with van der Waals surface area (Å²) in [6.07, 6.45) is -3.35. The number of ether oxygens (including phenoxy) is 1. The highest BCUT2D eigenvalue weighted by molar-refractivity contribution is 5.82. The van der Waals surface area contributed by atoms with E-state index < -0.39 is 17.7 Å². The van der Waals surface area contributed by atoms with Gasteiger partial charge in [-0.05, 0) is 42.5 Å². The summed E-state index contributed by atoms with van der Waals surface area (Å²) in [5.41, 5.74) is 0.620. The number of anilines is 1. The summed E-state index contributed by atoms with van der Waals surface area (Å²) in [5.74, 6) is -0.139. The molecule has 0 unspecified atom stereocenters. The molecule has 3 aliphatic rings. The van der Waals surface area contributed by atoms with Crippen molar-refractivity contribution in [2.75, 3.05) is 63.9 Å². The first-order chi connectivity index (χ1) is 16.6. The van der Waals surface area contributed by atoms with Crippen LogP contribution in [0.1, 0.15) is 31.4 Å². The lowest BCUT2D eigenvalue weighted by Gasteiger charge is -2.49. The highest BCUT2D eigenvalue weighted by atomic mass is 19.4. The van der Waals surface area contributed by atoms with E-state index in [-0.39, 0.29) is 30.8 Å². The lowest BCUT2D eigenvalue weighted by molar-refractivity contribution is -0.138. The van der Waals surface area contributed by atoms with Crippen LogP contribution < -0.4 is 10.2 Å². The van der Waals surface area contributed by atoms with Gasteiger partial charge in [-0.3, -0.25) is 14.5 Å². The second-order valence-corrected chi connectivity index (χ2v) is 10.1. The first-order valence-corrected chi connectivity index (χ1v) is 12.5. The molecule has 4 rings (SSSR count). The number of carbonyl (C=O) groups is 2. The van der Waals surface area contributed by atoms with Crippen LogP contribution in [0.4, 0.5) is 18.9 Å². The molecule has 0 aliphatic carbocycles. The minimum absolute atomic E-state index is 0.0470. The second-order valence-electron chi connectivity index (χ2n) is 10.1. The van der Waals surface area contributed by atoms with E-state index in [9.17, 15) is 22.8 Å². The molecule has 2 saturated heterocycles. The first-order valence-electron chi connectivity index (χ1n) is 12.5. The van der Waals surface area contributed by atoms with E-state index in [2.05, 4.69) is 29.0 Å². The van der Waals surface area contributed by atoms with Crippen molar-refractivity contribution in [3.8, 4) is 0 Å². The summed E-state index contributed by atoms with van der Waals surface area (Å²) in [5, 5.41) is 3.00. The van der Waals surface area contributed by atoms with E-state index in [1.807, 2.05) is 0 Å². The van der Waals surface area contributed by atoms with Crippen LogP contribution in [0.2, 0.25) is 0 Å². The van der Waals surface area contributed by atoms with E-state index in [0.29, 0.717) is 64.0 Å². The number of hydrogen-bond acceptors (Lipinski definition) is 5. The van der Waals surface area contributed by atoms with Gasteiger partial charge in [-0.1, -0.05) is 13.8 Å². The molecule has 1 aromatic carbocycles. The molecule has 10 heteroatoms. The molecule has 0 radical (unpaired) electrons. The summed E-state index contributed by atoms with van der Waals surface area (Å²) < 4.78 is 45.4. The molecule has 3 aliphatic heterocycles. The average Bonchev–Trinajstić information content (AvgIpc) is 2.82. The molecule has 35 heavy (non-hydrogen) atoms. The molecule has 194 valence electrons. The van der Waals surface area contributed by atoms with Crippen molar-refractivity contribution in [1.29, 1.82) is 0 Å². The maximum Gasteiger partial charge on any atom is 0.416 e. The molecule has 0 spiro atoms. The molecule has 0 aromatic heterocycles. The van der Waals surface area contributed by atoms with Crippen LogP contribution in [0.3, 0.4) is 0 Å². The van der Waals surface area contributed by atoms with E-state index in [1.165, 1.54) is 12.1 Å². The number of nitrogens with one attached hydrogen (secondary N) is 1. The maximum absolute atomic E-state index is 13.4. The quantitative estimate of drug-likeness (QED) is 0.655. The van der Waals surface area contributed by atoms with Gasteiger partial charge < -0.3 is 19.9 Å². The van der Waals surface area contributed by atoms with Crippen LogP contribution in [-0.4, -0.2) is 86.7 Å². The van der Waals surface area contributed by atoms with Gasteiger partial charge >= 0.3 is 6.18 Å². The van der Waals surface area contributed by atoms with Crippen LogP contribution in [0, 0.1) is 11.8 Å². The first kappa shape index (κ1) is 25.8. The van der Waals surface area contributed by atoms with Crippen LogP contribution in [0.15, 0.2) is 18.2 Å². The van der Waals surface area contributed by atoms with Crippen molar-refractivity contribution < 1.29 is 27.5 Å². The summed E-state index contributed by atoms with van der Waals surface area (Å²) >= 11 is 0. The number of morpholine rings is 1. The van der Waals surface area contributed by atoms with E-state index in [1.54, 1.807) is 4.90 Å². The summed E-state index contributed by atoms with van der Waals surface area (Å²) in [6, 6.07) is 3.64. The monoisotopic (exact) mass is 496 g/mol. The Morgan fingerprint density at radius 3 is 2.57 bits per heavy atom. The van der Waals surface area contributed by atoms with Crippen molar-refractivity contribution in [3.63, 3.8) is 0 Å². The number of halogens is 3.